The summed E-state index contributed by atoms with van der Waals surface area (Å²) in [6, 6.07) is 9.54. The Morgan fingerprint density at radius 3 is 2.12 bits per heavy atom. The maximum absolute atomic E-state index is 12.3. The summed E-state index contributed by atoms with van der Waals surface area (Å²) < 4.78 is 0. The standard InChI is InChI=1S/C16H18O/c1-11-9-15(10-12(11)2)13(3)16(17)14-7-5-4-6-8-14/h4-10,13,15H,1-3H3. The quantitative estimate of drug-likeness (QED) is 0.711. The highest BCUT2D eigenvalue weighted by Crippen LogP contribution is 2.30. The van der Waals surface area contributed by atoms with Gasteiger partial charge in [-0.1, -0.05) is 60.6 Å². The molecule has 1 heteroatoms. The van der Waals surface area contributed by atoms with Crippen molar-refractivity contribution in [2.24, 2.45) is 11.8 Å². The van der Waals surface area contributed by atoms with Crippen LogP contribution in [0.2, 0.25) is 0 Å². The van der Waals surface area contributed by atoms with Crippen LogP contribution in [0, 0.1) is 11.8 Å². The molecular weight excluding hydrogens is 208 g/mol. The Morgan fingerprint density at radius 1 is 1.06 bits per heavy atom. The fourth-order valence-corrected chi connectivity index (χ4v) is 2.22. The van der Waals surface area contributed by atoms with E-state index in [1.54, 1.807) is 0 Å². The number of benzene rings is 1. The van der Waals surface area contributed by atoms with Crippen molar-refractivity contribution in [1.29, 1.82) is 0 Å². The number of rotatable bonds is 3. The number of carbonyl (C=O) groups is 1. The van der Waals surface area contributed by atoms with E-state index in [1.807, 2.05) is 37.3 Å². The number of Topliss-reactive ketones (excluding diaryl/α,β-unsaturated/α-hetero) is 1. The van der Waals surface area contributed by atoms with Gasteiger partial charge in [-0.3, -0.25) is 4.79 Å². The lowest BCUT2D eigenvalue weighted by Crippen LogP contribution is -2.17. The van der Waals surface area contributed by atoms with Crippen LogP contribution in [0.4, 0.5) is 0 Å². The van der Waals surface area contributed by atoms with E-state index in [2.05, 4.69) is 26.0 Å². The fraction of sp³-hybridized carbons (Fsp3) is 0.312. The normalized spacial score (nSPS) is 17.6. The highest BCUT2D eigenvalue weighted by molar-refractivity contribution is 5.98. The van der Waals surface area contributed by atoms with E-state index in [9.17, 15) is 4.79 Å². The first-order valence-electron chi connectivity index (χ1n) is 6.06. The molecule has 0 saturated carbocycles. The van der Waals surface area contributed by atoms with Gasteiger partial charge in [0.1, 0.15) is 0 Å². The average molecular weight is 226 g/mol. The van der Waals surface area contributed by atoms with Crippen molar-refractivity contribution in [2.45, 2.75) is 20.8 Å². The summed E-state index contributed by atoms with van der Waals surface area (Å²) in [5, 5.41) is 0. The monoisotopic (exact) mass is 226 g/mol. The second kappa shape index (κ2) is 4.70. The minimum Gasteiger partial charge on any atom is -0.294 e. The van der Waals surface area contributed by atoms with Crippen LogP contribution in [0.5, 0.6) is 0 Å². The van der Waals surface area contributed by atoms with E-state index >= 15 is 0 Å². The van der Waals surface area contributed by atoms with Gasteiger partial charge < -0.3 is 0 Å². The number of hydrogen-bond donors (Lipinski definition) is 0. The van der Waals surface area contributed by atoms with Crippen LogP contribution in [0.3, 0.4) is 0 Å². The zero-order valence-electron chi connectivity index (χ0n) is 10.6. The summed E-state index contributed by atoms with van der Waals surface area (Å²) in [5.74, 6) is 0.498. The molecule has 1 nitrogen and oxygen atoms in total. The van der Waals surface area contributed by atoms with Crippen LogP contribution < -0.4 is 0 Å². The van der Waals surface area contributed by atoms with Gasteiger partial charge in [-0.25, -0.2) is 0 Å². The van der Waals surface area contributed by atoms with Gasteiger partial charge >= 0.3 is 0 Å². The topological polar surface area (TPSA) is 17.1 Å². The predicted molar refractivity (Wildman–Crippen MR) is 70.9 cm³/mol. The van der Waals surface area contributed by atoms with Gasteiger partial charge in [0.05, 0.1) is 0 Å². The molecule has 1 aromatic carbocycles. The van der Waals surface area contributed by atoms with Gasteiger partial charge in [-0.15, -0.1) is 0 Å². The summed E-state index contributed by atoms with van der Waals surface area (Å²) in [5.41, 5.74) is 3.40. The second-order valence-electron chi connectivity index (χ2n) is 4.80. The fourth-order valence-electron chi connectivity index (χ4n) is 2.22. The first-order valence-corrected chi connectivity index (χ1v) is 6.06. The Labute approximate surface area is 103 Å². The molecular formula is C16H18O. The largest absolute Gasteiger partial charge is 0.294 e. The number of ketones is 1. The van der Waals surface area contributed by atoms with Crippen LogP contribution >= 0.6 is 0 Å². The van der Waals surface area contributed by atoms with Crippen LogP contribution in [-0.2, 0) is 0 Å². The first-order chi connectivity index (χ1) is 8.09. The molecule has 0 bridgehead atoms. The molecule has 0 aliphatic heterocycles. The van der Waals surface area contributed by atoms with Crippen LogP contribution in [0.1, 0.15) is 31.1 Å². The number of hydrogen-bond acceptors (Lipinski definition) is 1. The molecule has 0 saturated heterocycles. The third-order valence-electron chi connectivity index (χ3n) is 3.56. The summed E-state index contributed by atoms with van der Waals surface area (Å²) in [7, 11) is 0. The minimum absolute atomic E-state index is 0.0183. The second-order valence-corrected chi connectivity index (χ2v) is 4.80. The lowest BCUT2D eigenvalue weighted by molar-refractivity contribution is 0.0915. The van der Waals surface area contributed by atoms with Crippen molar-refractivity contribution < 1.29 is 4.79 Å². The van der Waals surface area contributed by atoms with Gasteiger partial charge in [0.2, 0.25) is 0 Å². The Morgan fingerprint density at radius 2 is 1.59 bits per heavy atom. The van der Waals surface area contributed by atoms with Crippen molar-refractivity contribution in [1.82, 2.24) is 0 Å². The minimum atomic E-state index is 0.0183. The highest BCUT2D eigenvalue weighted by atomic mass is 16.1. The molecule has 1 aliphatic carbocycles. The first kappa shape index (κ1) is 11.8. The molecule has 2 rings (SSSR count). The Bertz CT molecular complexity index is 462. The maximum Gasteiger partial charge on any atom is 0.166 e. The Balaban J connectivity index is 2.18. The zero-order chi connectivity index (χ0) is 12.4. The molecule has 0 aromatic heterocycles. The van der Waals surface area contributed by atoms with Crippen LogP contribution in [0.15, 0.2) is 53.6 Å². The molecule has 88 valence electrons. The smallest absolute Gasteiger partial charge is 0.166 e. The lowest BCUT2D eigenvalue weighted by atomic mass is 9.88. The average Bonchev–Trinajstić information content (AvgIpc) is 2.69. The SMILES string of the molecule is CC1=CC(C(C)C(=O)c2ccccc2)C=C1C. The van der Waals surface area contributed by atoms with E-state index in [0.717, 1.165) is 5.56 Å². The molecule has 0 heterocycles. The Kier molecular flexibility index (Phi) is 3.28. The molecule has 17 heavy (non-hydrogen) atoms. The predicted octanol–water partition coefficient (Wildman–Crippen LogP) is 4.03. The van der Waals surface area contributed by atoms with Crippen molar-refractivity contribution in [3.63, 3.8) is 0 Å². The van der Waals surface area contributed by atoms with Gasteiger partial charge in [-0.05, 0) is 13.8 Å². The van der Waals surface area contributed by atoms with Crippen molar-refractivity contribution in [3.05, 3.63) is 59.2 Å². The highest BCUT2D eigenvalue weighted by Gasteiger charge is 2.24. The molecule has 0 radical (unpaired) electrons. The molecule has 0 amide bonds. The van der Waals surface area contributed by atoms with Crippen molar-refractivity contribution >= 4 is 5.78 Å². The number of carbonyl (C=O) groups excluding carboxylic acids is 1. The van der Waals surface area contributed by atoms with E-state index in [1.165, 1.54) is 11.1 Å². The van der Waals surface area contributed by atoms with E-state index in [0.29, 0.717) is 0 Å². The summed E-state index contributed by atoms with van der Waals surface area (Å²) in [6.45, 7) is 6.22. The van der Waals surface area contributed by atoms with Crippen molar-refractivity contribution in [3.8, 4) is 0 Å². The summed E-state index contributed by atoms with van der Waals surface area (Å²) in [6.07, 6.45) is 4.39. The van der Waals surface area contributed by atoms with E-state index in [-0.39, 0.29) is 17.6 Å². The molecule has 1 unspecified atom stereocenters. The number of allylic oxidation sites excluding steroid dienone is 4. The molecule has 1 atom stereocenters. The summed E-state index contributed by atoms with van der Waals surface area (Å²) >= 11 is 0. The van der Waals surface area contributed by atoms with Gasteiger partial charge in [0.25, 0.3) is 0 Å². The molecule has 0 spiro atoms. The van der Waals surface area contributed by atoms with E-state index < -0.39 is 0 Å². The third-order valence-corrected chi connectivity index (χ3v) is 3.56. The van der Waals surface area contributed by atoms with Crippen molar-refractivity contribution in [2.75, 3.05) is 0 Å². The maximum atomic E-state index is 12.3. The van der Waals surface area contributed by atoms with Gasteiger partial charge in [-0.2, -0.15) is 0 Å². The lowest BCUT2D eigenvalue weighted by Gasteiger charge is -2.14. The molecule has 1 aromatic rings. The van der Waals surface area contributed by atoms with Crippen LogP contribution in [0.25, 0.3) is 0 Å². The third kappa shape index (κ3) is 2.38. The molecule has 0 fully saturated rings. The Hall–Kier alpha value is -1.63. The van der Waals surface area contributed by atoms with Gasteiger partial charge in [0.15, 0.2) is 5.78 Å². The van der Waals surface area contributed by atoms with Gasteiger partial charge in [0, 0.05) is 17.4 Å². The van der Waals surface area contributed by atoms with E-state index in [4.69, 9.17) is 0 Å². The summed E-state index contributed by atoms with van der Waals surface area (Å²) in [4.78, 5) is 12.3. The zero-order valence-corrected chi connectivity index (χ0v) is 10.6. The molecule has 1 aliphatic rings. The van der Waals surface area contributed by atoms with Crippen LogP contribution in [-0.4, -0.2) is 5.78 Å². The molecule has 0 N–H and O–H groups in total.